The molecule has 3 heteroatoms. The topological polar surface area (TPSA) is 20.3 Å². The van der Waals surface area contributed by atoms with Crippen LogP contribution >= 0.6 is 0 Å². The fourth-order valence-electron chi connectivity index (χ4n) is 1.69. The van der Waals surface area contributed by atoms with Crippen LogP contribution in [0.1, 0.15) is 36.7 Å². The first-order valence-corrected chi connectivity index (χ1v) is 5.54. The van der Waals surface area contributed by atoms with Gasteiger partial charge >= 0.3 is 0 Å². The predicted molar refractivity (Wildman–Crippen MR) is 63.0 cm³/mol. The minimum atomic E-state index is -0.274. The summed E-state index contributed by atoms with van der Waals surface area (Å²) in [6.45, 7) is 8.20. The second kappa shape index (κ2) is 5.10. The highest BCUT2D eigenvalue weighted by molar-refractivity contribution is 5.94. The van der Waals surface area contributed by atoms with E-state index in [0.717, 1.165) is 0 Å². The molecule has 1 aromatic carbocycles. The highest BCUT2D eigenvalue weighted by Crippen LogP contribution is 2.13. The van der Waals surface area contributed by atoms with E-state index in [-0.39, 0.29) is 17.8 Å². The number of halogens is 1. The van der Waals surface area contributed by atoms with Gasteiger partial charge in [-0.1, -0.05) is 0 Å². The lowest BCUT2D eigenvalue weighted by Crippen LogP contribution is -2.36. The molecule has 0 aromatic heterocycles. The van der Waals surface area contributed by atoms with E-state index >= 15 is 0 Å². The first-order chi connectivity index (χ1) is 7.47. The van der Waals surface area contributed by atoms with Crippen LogP contribution < -0.4 is 0 Å². The minimum absolute atomic E-state index is 0.0411. The van der Waals surface area contributed by atoms with E-state index in [1.807, 2.05) is 20.8 Å². The van der Waals surface area contributed by atoms with Crippen molar-refractivity contribution in [2.24, 2.45) is 0 Å². The van der Waals surface area contributed by atoms with Crippen molar-refractivity contribution in [1.29, 1.82) is 0 Å². The molecule has 0 N–H and O–H groups in total. The first kappa shape index (κ1) is 12.7. The van der Waals surface area contributed by atoms with Gasteiger partial charge in [-0.2, -0.15) is 0 Å². The summed E-state index contributed by atoms with van der Waals surface area (Å²) in [7, 11) is 0. The van der Waals surface area contributed by atoms with Crippen LogP contribution in [0.25, 0.3) is 0 Å². The van der Waals surface area contributed by atoms with Gasteiger partial charge in [-0.3, -0.25) is 4.79 Å². The Morgan fingerprint density at radius 3 is 2.50 bits per heavy atom. The third-order valence-electron chi connectivity index (χ3n) is 2.63. The molecule has 0 aliphatic rings. The Hall–Kier alpha value is -1.38. The number of aryl methyl sites for hydroxylation is 1. The average Bonchev–Trinajstić information content (AvgIpc) is 2.22. The van der Waals surface area contributed by atoms with Crippen molar-refractivity contribution in [2.75, 3.05) is 6.54 Å². The average molecular weight is 223 g/mol. The van der Waals surface area contributed by atoms with Crippen LogP contribution in [-0.2, 0) is 0 Å². The molecule has 1 aromatic rings. The summed E-state index contributed by atoms with van der Waals surface area (Å²) in [5, 5.41) is 0. The van der Waals surface area contributed by atoms with Crippen molar-refractivity contribution in [2.45, 2.75) is 33.7 Å². The molecule has 0 unspecified atom stereocenters. The van der Waals surface area contributed by atoms with Crippen LogP contribution in [0.5, 0.6) is 0 Å². The largest absolute Gasteiger partial charge is 0.337 e. The number of hydrogen-bond donors (Lipinski definition) is 0. The zero-order valence-corrected chi connectivity index (χ0v) is 10.2. The Morgan fingerprint density at radius 2 is 2.06 bits per heavy atom. The monoisotopic (exact) mass is 223 g/mol. The van der Waals surface area contributed by atoms with Gasteiger partial charge in [0.1, 0.15) is 5.82 Å². The quantitative estimate of drug-likeness (QED) is 0.771. The molecule has 88 valence electrons. The number of nitrogens with zero attached hydrogens (tertiary/aromatic N) is 1. The molecular formula is C13H18FNO. The normalized spacial score (nSPS) is 10.6. The Morgan fingerprint density at radius 1 is 1.44 bits per heavy atom. The molecule has 0 aliphatic heterocycles. The number of carbonyl (C=O) groups excluding carboxylic acids is 1. The molecule has 0 saturated heterocycles. The van der Waals surface area contributed by atoms with E-state index in [1.165, 1.54) is 12.1 Å². The van der Waals surface area contributed by atoms with Crippen molar-refractivity contribution < 1.29 is 9.18 Å². The van der Waals surface area contributed by atoms with Gasteiger partial charge in [0.2, 0.25) is 0 Å². The SMILES string of the molecule is CCN(C(=O)c1ccc(F)c(C)c1)C(C)C. The van der Waals surface area contributed by atoms with Crippen molar-refractivity contribution in [3.8, 4) is 0 Å². The van der Waals surface area contributed by atoms with Gasteiger partial charge in [0.05, 0.1) is 0 Å². The molecule has 1 rings (SSSR count). The Balaban J connectivity index is 2.99. The molecule has 1 amide bonds. The third-order valence-corrected chi connectivity index (χ3v) is 2.63. The fourth-order valence-corrected chi connectivity index (χ4v) is 1.69. The molecule has 0 atom stereocenters. The van der Waals surface area contributed by atoms with Gasteiger partial charge < -0.3 is 4.90 Å². The van der Waals surface area contributed by atoms with E-state index in [2.05, 4.69) is 0 Å². The smallest absolute Gasteiger partial charge is 0.254 e. The maximum atomic E-state index is 13.1. The van der Waals surface area contributed by atoms with E-state index < -0.39 is 0 Å². The first-order valence-electron chi connectivity index (χ1n) is 5.54. The highest BCUT2D eigenvalue weighted by atomic mass is 19.1. The van der Waals surface area contributed by atoms with E-state index in [1.54, 1.807) is 17.9 Å². The van der Waals surface area contributed by atoms with Gasteiger partial charge in [0.15, 0.2) is 0 Å². The summed E-state index contributed by atoms with van der Waals surface area (Å²) in [6.07, 6.45) is 0. The van der Waals surface area contributed by atoms with Crippen molar-refractivity contribution >= 4 is 5.91 Å². The van der Waals surface area contributed by atoms with Crippen LogP contribution in [0.4, 0.5) is 4.39 Å². The number of carbonyl (C=O) groups is 1. The third kappa shape index (κ3) is 2.60. The van der Waals surface area contributed by atoms with Gasteiger partial charge in [-0.15, -0.1) is 0 Å². The molecule has 0 spiro atoms. The van der Waals surface area contributed by atoms with Crippen molar-refractivity contribution in [1.82, 2.24) is 4.90 Å². The maximum absolute atomic E-state index is 13.1. The molecular weight excluding hydrogens is 205 g/mol. The molecule has 2 nitrogen and oxygen atoms in total. The van der Waals surface area contributed by atoms with Gasteiger partial charge in [-0.05, 0) is 51.5 Å². The number of amides is 1. The minimum Gasteiger partial charge on any atom is -0.337 e. The standard InChI is InChI=1S/C13H18FNO/c1-5-15(9(2)3)13(16)11-6-7-12(14)10(4)8-11/h6-9H,5H2,1-4H3. The number of hydrogen-bond acceptors (Lipinski definition) is 1. The van der Waals surface area contributed by atoms with Gasteiger partial charge in [0, 0.05) is 18.2 Å². The maximum Gasteiger partial charge on any atom is 0.254 e. The zero-order valence-electron chi connectivity index (χ0n) is 10.2. The summed E-state index contributed by atoms with van der Waals surface area (Å²) >= 11 is 0. The Kier molecular flexibility index (Phi) is 4.05. The van der Waals surface area contributed by atoms with Crippen LogP contribution in [0.3, 0.4) is 0 Å². The highest BCUT2D eigenvalue weighted by Gasteiger charge is 2.17. The lowest BCUT2D eigenvalue weighted by atomic mass is 10.1. The lowest BCUT2D eigenvalue weighted by molar-refractivity contribution is 0.0717. The molecule has 0 radical (unpaired) electrons. The molecule has 0 saturated carbocycles. The zero-order chi connectivity index (χ0) is 12.3. The van der Waals surface area contributed by atoms with Gasteiger partial charge in [0.25, 0.3) is 5.91 Å². The number of benzene rings is 1. The van der Waals surface area contributed by atoms with Crippen LogP contribution in [0.2, 0.25) is 0 Å². The summed E-state index contributed by atoms with van der Waals surface area (Å²) in [4.78, 5) is 13.8. The summed E-state index contributed by atoms with van der Waals surface area (Å²) in [5.74, 6) is -0.315. The van der Waals surface area contributed by atoms with E-state index in [0.29, 0.717) is 17.7 Å². The van der Waals surface area contributed by atoms with Crippen LogP contribution in [-0.4, -0.2) is 23.4 Å². The summed E-state index contributed by atoms with van der Waals surface area (Å²) in [5.41, 5.74) is 1.06. The Bertz CT molecular complexity index is 388. The Labute approximate surface area is 96.1 Å². The molecule has 0 heterocycles. The van der Waals surface area contributed by atoms with Crippen molar-refractivity contribution in [3.63, 3.8) is 0 Å². The second-order valence-electron chi connectivity index (χ2n) is 4.15. The van der Waals surface area contributed by atoms with E-state index in [9.17, 15) is 9.18 Å². The van der Waals surface area contributed by atoms with Gasteiger partial charge in [-0.25, -0.2) is 4.39 Å². The fraction of sp³-hybridized carbons (Fsp3) is 0.462. The molecule has 0 bridgehead atoms. The van der Waals surface area contributed by atoms with Crippen molar-refractivity contribution in [3.05, 3.63) is 35.1 Å². The molecule has 0 aliphatic carbocycles. The molecule has 16 heavy (non-hydrogen) atoms. The lowest BCUT2D eigenvalue weighted by Gasteiger charge is -2.25. The predicted octanol–water partition coefficient (Wildman–Crippen LogP) is 3.00. The molecule has 0 fully saturated rings. The number of rotatable bonds is 3. The summed E-state index contributed by atoms with van der Waals surface area (Å²) < 4.78 is 13.1. The summed E-state index contributed by atoms with van der Waals surface area (Å²) in [6, 6.07) is 4.64. The van der Waals surface area contributed by atoms with Crippen LogP contribution in [0.15, 0.2) is 18.2 Å². The van der Waals surface area contributed by atoms with Crippen LogP contribution in [0, 0.1) is 12.7 Å². The second-order valence-corrected chi connectivity index (χ2v) is 4.15. The van der Waals surface area contributed by atoms with E-state index in [4.69, 9.17) is 0 Å².